The van der Waals surface area contributed by atoms with Crippen LogP contribution >= 0.6 is 11.8 Å². The third kappa shape index (κ3) is 7.10. The summed E-state index contributed by atoms with van der Waals surface area (Å²) in [4.78, 5) is 61.4. The summed E-state index contributed by atoms with van der Waals surface area (Å²) in [6.07, 6.45) is -1.53. The molecule has 5 atom stereocenters. The van der Waals surface area contributed by atoms with Gasteiger partial charge in [-0.05, 0) is 18.2 Å². The lowest BCUT2D eigenvalue weighted by molar-refractivity contribution is -0.237. The molecule has 210 valence electrons. The van der Waals surface area contributed by atoms with Crippen molar-refractivity contribution < 1.29 is 42.9 Å². The Hall–Kier alpha value is -4.10. The van der Waals surface area contributed by atoms with E-state index in [0.29, 0.717) is 27.3 Å². The SMILES string of the molecule is CC(=O)OC[C@H]1O[C@@H](Sc2nc(-c3cccnc3)nc3ccccc23)[C@H](OC(C)=O)[C@@H](OC(C)=O)[C@@H]1OC(C)=O. The molecule has 40 heavy (non-hydrogen) atoms. The van der Waals surface area contributed by atoms with E-state index in [1.54, 1.807) is 18.5 Å². The summed E-state index contributed by atoms with van der Waals surface area (Å²) in [5.74, 6) is -2.28. The van der Waals surface area contributed by atoms with Gasteiger partial charge >= 0.3 is 23.9 Å². The van der Waals surface area contributed by atoms with Crippen molar-refractivity contribution in [3.63, 3.8) is 0 Å². The van der Waals surface area contributed by atoms with Crippen LogP contribution in [0.1, 0.15) is 27.7 Å². The van der Waals surface area contributed by atoms with Crippen LogP contribution in [0.15, 0.2) is 53.8 Å². The largest absolute Gasteiger partial charge is 0.463 e. The fraction of sp³-hybridized carbons (Fsp3) is 0.370. The topological polar surface area (TPSA) is 153 Å². The Morgan fingerprint density at radius 3 is 2.15 bits per heavy atom. The first-order valence-electron chi connectivity index (χ1n) is 12.3. The Bertz CT molecular complexity index is 1400. The Balaban J connectivity index is 1.80. The lowest BCUT2D eigenvalue weighted by atomic mass is 9.99. The van der Waals surface area contributed by atoms with Gasteiger partial charge in [-0.25, -0.2) is 9.97 Å². The van der Waals surface area contributed by atoms with Crippen molar-refractivity contribution in [3.05, 3.63) is 48.8 Å². The Labute approximate surface area is 233 Å². The second-order valence-corrected chi connectivity index (χ2v) is 9.88. The zero-order chi connectivity index (χ0) is 28.8. The highest BCUT2D eigenvalue weighted by Gasteiger charge is 2.52. The summed E-state index contributed by atoms with van der Waals surface area (Å²) in [6.45, 7) is 4.43. The van der Waals surface area contributed by atoms with Gasteiger partial charge in [0.1, 0.15) is 17.7 Å². The molecule has 1 fully saturated rings. The van der Waals surface area contributed by atoms with Gasteiger partial charge in [-0.1, -0.05) is 30.0 Å². The van der Waals surface area contributed by atoms with Crippen LogP contribution < -0.4 is 0 Å². The maximum Gasteiger partial charge on any atom is 0.303 e. The van der Waals surface area contributed by atoms with E-state index in [1.807, 2.05) is 30.3 Å². The molecular formula is C27H27N3O9S. The number of hydrogen-bond donors (Lipinski definition) is 0. The molecule has 1 aliphatic rings. The van der Waals surface area contributed by atoms with Crippen molar-refractivity contribution in [1.82, 2.24) is 15.0 Å². The molecule has 4 rings (SSSR count). The van der Waals surface area contributed by atoms with Gasteiger partial charge in [-0.2, -0.15) is 0 Å². The maximum atomic E-state index is 12.2. The molecule has 0 N–H and O–H groups in total. The smallest absolute Gasteiger partial charge is 0.303 e. The van der Waals surface area contributed by atoms with E-state index < -0.39 is 53.7 Å². The molecule has 0 saturated carbocycles. The summed E-state index contributed by atoms with van der Waals surface area (Å²) < 4.78 is 28.0. The number of hydrogen-bond acceptors (Lipinski definition) is 13. The van der Waals surface area contributed by atoms with Crippen LogP contribution in [-0.4, -0.2) is 75.3 Å². The number of esters is 4. The van der Waals surface area contributed by atoms with Crippen LogP contribution in [0.25, 0.3) is 22.3 Å². The standard InChI is InChI=1S/C27H27N3O9S/c1-14(31)35-13-21-22(36-15(2)32)23(37-16(3)33)24(38-17(4)34)27(39-21)40-26-19-9-5-6-10-20(19)29-25(30-26)18-8-7-11-28-12-18/h5-12,21-24,27H,13H2,1-4H3/t21-,22-,23+,24-,27+/m1/s1. The van der Waals surface area contributed by atoms with Crippen LogP contribution in [0, 0.1) is 0 Å². The highest BCUT2D eigenvalue weighted by Crippen LogP contribution is 2.39. The number of nitrogens with zero attached hydrogens (tertiary/aromatic N) is 3. The highest BCUT2D eigenvalue weighted by atomic mass is 32.2. The average molecular weight is 570 g/mol. The first-order chi connectivity index (χ1) is 19.1. The molecule has 3 heterocycles. The second-order valence-electron chi connectivity index (χ2n) is 8.80. The molecule has 0 aliphatic carbocycles. The molecule has 0 radical (unpaired) electrons. The van der Waals surface area contributed by atoms with Gasteiger partial charge in [0, 0.05) is 51.0 Å². The number of para-hydroxylation sites is 1. The van der Waals surface area contributed by atoms with Crippen LogP contribution in [0.5, 0.6) is 0 Å². The molecule has 1 aromatic carbocycles. The number of benzene rings is 1. The van der Waals surface area contributed by atoms with E-state index in [1.165, 1.54) is 27.7 Å². The number of ether oxygens (including phenoxy) is 5. The van der Waals surface area contributed by atoms with E-state index in [0.717, 1.165) is 11.8 Å². The minimum absolute atomic E-state index is 0.319. The molecule has 0 bridgehead atoms. The first-order valence-corrected chi connectivity index (χ1v) is 13.1. The number of aromatic nitrogens is 3. The Morgan fingerprint density at radius 2 is 1.50 bits per heavy atom. The molecule has 3 aromatic rings. The van der Waals surface area contributed by atoms with Gasteiger partial charge in [-0.3, -0.25) is 24.2 Å². The minimum atomic E-state index is -1.27. The normalized spacial score (nSPS) is 22.2. The number of rotatable bonds is 8. The van der Waals surface area contributed by atoms with Gasteiger partial charge in [-0.15, -0.1) is 0 Å². The van der Waals surface area contributed by atoms with Crippen molar-refractivity contribution >= 4 is 46.5 Å². The number of carbonyl (C=O) groups excluding carboxylic acids is 4. The van der Waals surface area contributed by atoms with Crippen molar-refractivity contribution in [2.24, 2.45) is 0 Å². The van der Waals surface area contributed by atoms with Crippen molar-refractivity contribution in [2.45, 2.75) is 62.6 Å². The summed E-state index contributed by atoms with van der Waals surface area (Å²) in [6, 6.07) is 10.9. The molecule has 1 aliphatic heterocycles. The van der Waals surface area contributed by atoms with E-state index in [2.05, 4.69) is 9.97 Å². The highest BCUT2D eigenvalue weighted by molar-refractivity contribution is 8.00. The fourth-order valence-electron chi connectivity index (χ4n) is 4.16. The van der Waals surface area contributed by atoms with Crippen molar-refractivity contribution in [2.75, 3.05) is 6.61 Å². The third-order valence-corrected chi connectivity index (χ3v) is 6.81. The van der Waals surface area contributed by atoms with Crippen LogP contribution in [0.3, 0.4) is 0 Å². The molecule has 0 amide bonds. The maximum absolute atomic E-state index is 12.2. The molecule has 13 heteroatoms. The van der Waals surface area contributed by atoms with Gasteiger partial charge in [0.05, 0.1) is 5.52 Å². The van der Waals surface area contributed by atoms with Crippen LogP contribution in [0.4, 0.5) is 0 Å². The van der Waals surface area contributed by atoms with Crippen LogP contribution in [0.2, 0.25) is 0 Å². The lowest BCUT2D eigenvalue weighted by Gasteiger charge is -2.44. The molecule has 12 nitrogen and oxygen atoms in total. The number of thioether (sulfide) groups is 1. The van der Waals surface area contributed by atoms with Crippen molar-refractivity contribution in [1.29, 1.82) is 0 Å². The van der Waals surface area contributed by atoms with E-state index in [9.17, 15) is 19.2 Å². The number of pyridine rings is 1. The number of fused-ring (bicyclic) bond motifs is 1. The summed E-state index contributed by atoms with van der Waals surface area (Å²) >= 11 is 1.10. The molecule has 0 spiro atoms. The minimum Gasteiger partial charge on any atom is -0.463 e. The molecule has 2 aromatic heterocycles. The van der Waals surface area contributed by atoms with Gasteiger partial charge in [0.25, 0.3) is 0 Å². The van der Waals surface area contributed by atoms with Gasteiger partial charge < -0.3 is 23.7 Å². The third-order valence-electron chi connectivity index (χ3n) is 5.66. The van der Waals surface area contributed by atoms with E-state index >= 15 is 0 Å². The van der Waals surface area contributed by atoms with Gasteiger partial charge in [0.2, 0.25) is 0 Å². The van der Waals surface area contributed by atoms with E-state index in [4.69, 9.17) is 28.7 Å². The molecule has 0 unspecified atom stereocenters. The average Bonchev–Trinajstić information content (AvgIpc) is 2.90. The summed E-state index contributed by atoms with van der Waals surface area (Å²) in [5, 5.41) is 1.17. The van der Waals surface area contributed by atoms with Crippen molar-refractivity contribution in [3.8, 4) is 11.4 Å². The zero-order valence-corrected chi connectivity index (χ0v) is 23.0. The lowest BCUT2D eigenvalue weighted by Crippen LogP contribution is -2.61. The predicted molar refractivity (Wildman–Crippen MR) is 141 cm³/mol. The van der Waals surface area contributed by atoms with E-state index in [-0.39, 0.29) is 6.61 Å². The second kappa shape index (κ2) is 12.8. The van der Waals surface area contributed by atoms with Crippen LogP contribution in [-0.2, 0) is 42.9 Å². The first kappa shape index (κ1) is 28.9. The quantitative estimate of drug-likeness (QED) is 0.222. The summed E-state index contributed by atoms with van der Waals surface area (Å²) in [5.41, 5.74) is 0.293. The Morgan fingerprint density at radius 1 is 0.825 bits per heavy atom. The van der Waals surface area contributed by atoms with Gasteiger partial charge in [0.15, 0.2) is 29.6 Å². The summed E-state index contributed by atoms with van der Waals surface area (Å²) in [7, 11) is 0. The predicted octanol–water partition coefficient (Wildman–Crippen LogP) is 2.87. The number of carbonyl (C=O) groups is 4. The Kier molecular flexibility index (Phi) is 9.27. The fourth-order valence-corrected chi connectivity index (χ4v) is 5.36. The molecule has 1 saturated heterocycles. The monoisotopic (exact) mass is 569 g/mol. The zero-order valence-electron chi connectivity index (χ0n) is 22.1. The molecular weight excluding hydrogens is 542 g/mol.